The molecule has 0 amide bonds. The summed E-state index contributed by atoms with van der Waals surface area (Å²) in [6.45, 7) is 8.49. The zero-order chi connectivity index (χ0) is 22.6. The summed E-state index contributed by atoms with van der Waals surface area (Å²) >= 11 is 0. The third kappa shape index (κ3) is 3.74. The first kappa shape index (κ1) is 22.5. The first-order valence-electron chi connectivity index (χ1n) is 11.7. The molecule has 3 aliphatic carbocycles. The number of carbonyl (C=O) groups is 2. The Kier molecular flexibility index (Phi) is 5.80. The molecular formula is C26H36O5. The van der Waals surface area contributed by atoms with E-state index in [9.17, 15) is 14.7 Å². The number of aliphatic hydroxyl groups is 1. The lowest BCUT2D eigenvalue weighted by Gasteiger charge is -2.44. The Morgan fingerprint density at radius 2 is 2.10 bits per heavy atom. The zero-order valence-corrected chi connectivity index (χ0v) is 19.2. The number of carboxylic acid groups (broad SMARTS) is 1. The van der Waals surface area contributed by atoms with Crippen LogP contribution in [0.25, 0.3) is 0 Å². The van der Waals surface area contributed by atoms with E-state index in [1.165, 1.54) is 0 Å². The minimum Gasteiger partial charge on any atom is -0.481 e. The Morgan fingerprint density at radius 3 is 2.77 bits per heavy atom. The molecule has 1 heterocycles. The highest BCUT2D eigenvalue weighted by Crippen LogP contribution is 2.63. The molecule has 1 spiro atoms. The van der Waals surface area contributed by atoms with Crippen molar-refractivity contribution in [2.75, 3.05) is 6.61 Å². The smallest absolute Gasteiger partial charge is 0.307 e. The van der Waals surface area contributed by atoms with Gasteiger partial charge in [0, 0.05) is 0 Å². The Morgan fingerprint density at radius 1 is 1.35 bits per heavy atom. The summed E-state index contributed by atoms with van der Waals surface area (Å²) in [5, 5.41) is 19.1. The van der Waals surface area contributed by atoms with E-state index >= 15 is 0 Å². The average molecular weight is 429 g/mol. The highest BCUT2D eigenvalue weighted by atomic mass is 16.5. The van der Waals surface area contributed by atoms with Crippen LogP contribution in [0.1, 0.15) is 66.2 Å². The van der Waals surface area contributed by atoms with Gasteiger partial charge in [0.25, 0.3) is 0 Å². The summed E-state index contributed by atoms with van der Waals surface area (Å²) in [4.78, 5) is 23.7. The molecule has 2 fully saturated rings. The minimum absolute atomic E-state index is 0.0493. The summed E-state index contributed by atoms with van der Waals surface area (Å²) < 4.78 is 6.79. The largest absolute Gasteiger partial charge is 0.481 e. The van der Waals surface area contributed by atoms with Crippen LogP contribution in [0.15, 0.2) is 34.9 Å². The molecule has 170 valence electrons. The molecule has 0 unspecified atom stereocenters. The Hall–Kier alpha value is -1.72. The van der Waals surface area contributed by atoms with Crippen LogP contribution in [0.4, 0.5) is 0 Å². The summed E-state index contributed by atoms with van der Waals surface area (Å²) in [5.74, 6) is -0.00836. The van der Waals surface area contributed by atoms with E-state index in [0.29, 0.717) is 11.8 Å². The standard InChI is InChI=1S/C26H36O5/c1-15(10-23(29)30)9-19-12-17(3)26(31-19)8-7-25(4)13-20-16(2)11-21(28)24(20)18(14-27)5-6-22(25)26/h5,9,11,17,19-20,22,24,27H,6-8,10,12-14H2,1-4H3,(H,29,30)/b15-9+,18-5-/t17-,19-,20+,22+,24-,25+,26-/m0/s1. The monoisotopic (exact) mass is 428 g/mol. The molecule has 1 saturated carbocycles. The Labute approximate surface area is 185 Å². The normalized spacial score (nSPS) is 44.4. The van der Waals surface area contributed by atoms with Crippen molar-refractivity contribution in [1.82, 2.24) is 0 Å². The van der Waals surface area contributed by atoms with Gasteiger partial charge in [-0.15, -0.1) is 0 Å². The lowest BCUT2D eigenvalue weighted by Crippen LogP contribution is -2.44. The van der Waals surface area contributed by atoms with Crippen LogP contribution in [-0.2, 0) is 14.3 Å². The number of aliphatic hydroxyl groups excluding tert-OH is 1. The molecular weight excluding hydrogens is 392 g/mol. The van der Waals surface area contributed by atoms with Crippen LogP contribution in [0, 0.1) is 29.1 Å². The molecule has 2 N–H and O–H groups in total. The first-order chi connectivity index (χ1) is 14.6. The molecule has 4 rings (SSSR count). The van der Waals surface area contributed by atoms with E-state index in [-0.39, 0.29) is 47.8 Å². The maximum Gasteiger partial charge on any atom is 0.307 e. The van der Waals surface area contributed by atoms with Crippen molar-refractivity contribution in [2.24, 2.45) is 29.1 Å². The van der Waals surface area contributed by atoms with Crippen molar-refractivity contribution in [3.63, 3.8) is 0 Å². The molecule has 5 heteroatoms. The van der Waals surface area contributed by atoms with Crippen molar-refractivity contribution in [2.45, 2.75) is 77.9 Å². The van der Waals surface area contributed by atoms with Crippen molar-refractivity contribution >= 4 is 11.8 Å². The maximum absolute atomic E-state index is 12.7. The van der Waals surface area contributed by atoms with E-state index < -0.39 is 5.97 Å². The topological polar surface area (TPSA) is 83.8 Å². The number of carboxylic acids is 1. The van der Waals surface area contributed by atoms with Gasteiger partial charge in [-0.2, -0.15) is 0 Å². The Balaban J connectivity index is 1.65. The van der Waals surface area contributed by atoms with E-state index in [0.717, 1.165) is 48.8 Å². The van der Waals surface area contributed by atoms with Crippen molar-refractivity contribution in [3.05, 3.63) is 34.9 Å². The predicted octanol–water partition coefficient (Wildman–Crippen LogP) is 4.46. The number of hydrogen-bond acceptors (Lipinski definition) is 4. The number of ether oxygens (including phenoxy) is 1. The summed E-state index contributed by atoms with van der Waals surface area (Å²) in [7, 11) is 0. The average Bonchev–Trinajstić information content (AvgIpc) is 3.21. The van der Waals surface area contributed by atoms with Crippen LogP contribution < -0.4 is 0 Å². The lowest BCUT2D eigenvalue weighted by molar-refractivity contribution is -0.136. The SMILES string of the molecule is CC1=CC(=O)[C@H]2/C(CO)=C\C[C@@H]3[C@](C)(CC[C@@]34O[C@@H](/C=C(\C)CC(=O)O)C[C@@H]4C)C[C@H]12. The number of ketones is 1. The van der Waals surface area contributed by atoms with Gasteiger partial charge in [0.15, 0.2) is 5.78 Å². The number of fused-ring (bicyclic) bond motifs is 3. The van der Waals surface area contributed by atoms with E-state index in [2.05, 4.69) is 26.8 Å². The highest BCUT2D eigenvalue weighted by Gasteiger charge is 2.61. The fourth-order valence-electron chi connectivity index (χ4n) is 7.25. The molecule has 31 heavy (non-hydrogen) atoms. The van der Waals surface area contributed by atoms with Crippen LogP contribution in [0.5, 0.6) is 0 Å². The number of rotatable bonds is 4. The van der Waals surface area contributed by atoms with Crippen LogP contribution >= 0.6 is 0 Å². The van der Waals surface area contributed by atoms with Gasteiger partial charge >= 0.3 is 5.97 Å². The number of hydrogen-bond donors (Lipinski definition) is 2. The van der Waals surface area contributed by atoms with Gasteiger partial charge in [-0.05, 0) is 80.8 Å². The zero-order valence-electron chi connectivity index (χ0n) is 19.2. The molecule has 5 nitrogen and oxygen atoms in total. The van der Waals surface area contributed by atoms with Gasteiger partial charge in [-0.3, -0.25) is 9.59 Å². The molecule has 0 radical (unpaired) electrons. The molecule has 1 aliphatic heterocycles. The van der Waals surface area contributed by atoms with Gasteiger partial charge in [0.2, 0.25) is 0 Å². The third-order valence-electron chi connectivity index (χ3n) is 8.76. The van der Waals surface area contributed by atoms with Crippen LogP contribution in [0.3, 0.4) is 0 Å². The molecule has 0 aromatic carbocycles. The molecule has 0 aromatic rings. The quantitative estimate of drug-likeness (QED) is 0.646. The third-order valence-corrected chi connectivity index (χ3v) is 8.76. The van der Waals surface area contributed by atoms with Crippen molar-refractivity contribution in [3.8, 4) is 0 Å². The second kappa shape index (κ2) is 8.00. The van der Waals surface area contributed by atoms with E-state index in [1.54, 1.807) is 6.08 Å². The second-order valence-corrected chi connectivity index (χ2v) is 10.8. The van der Waals surface area contributed by atoms with Gasteiger partial charge in [-0.25, -0.2) is 0 Å². The van der Waals surface area contributed by atoms with Crippen molar-refractivity contribution < 1.29 is 24.5 Å². The molecule has 7 atom stereocenters. The number of allylic oxidation sites excluding steroid dienone is 3. The van der Waals surface area contributed by atoms with Crippen molar-refractivity contribution in [1.29, 1.82) is 0 Å². The summed E-state index contributed by atoms with van der Waals surface area (Å²) in [5.41, 5.74) is 2.69. The highest BCUT2D eigenvalue weighted by molar-refractivity contribution is 5.97. The van der Waals surface area contributed by atoms with Gasteiger partial charge in [0.1, 0.15) is 0 Å². The fourth-order valence-corrected chi connectivity index (χ4v) is 7.25. The van der Waals surface area contributed by atoms with E-state index in [1.807, 2.05) is 13.0 Å². The molecule has 4 aliphatic rings. The lowest BCUT2D eigenvalue weighted by atomic mass is 9.62. The molecule has 1 saturated heterocycles. The van der Waals surface area contributed by atoms with Gasteiger partial charge in [0.05, 0.1) is 30.7 Å². The first-order valence-corrected chi connectivity index (χ1v) is 11.7. The number of aliphatic carboxylic acids is 1. The van der Waals surface area contributed by atoms with Gasteiger partial charge < -0.3 is 14.9 Å². The predicted molar refractivity (Wildman–Crippen MR) is 118 cm³/mol. The number of carbonyl (C=O) groups excluding carboxylic acids is 1. The summed E-state index contributed by atoms with van der Waals surface area (Å²) in [6.07, 6.45) is 10.7. The Bertz CT molecular complexity index is 867. The maximum atomic E-state index is 12.7. The second-order valence-electron chi connectivity index (χ2n) is 10.8. The molecule has 0 bridgehead atoms. The van der Waals surface area contributed by atoms with Crippen LogP contribution in [-0.4, -0.2) is 40.3 Å². The molecule has 0 aromatic heterocycles. The minimum atomic E-state index is -0.811. The fraction of sp³-hybridized carbons (Fsp3) is 0.692. The van der Waals surface area contributed by atoms with E-state index in [4.69, 9.17) is 9.84 Å². The van der Waals surface area contributed by atoms with Crippen LogP contribution in [0.2, 0.25) is 0 Å². The van der Waals surface area contributed by atoms with Gasteiger partial charge in [-0.1, -0.05) is 37.1 Å². The summed E-state index contributed by atoms with van der Waals surface area (Å²) in [6, 6.07) is 0.